The van der Waals surface area contributed by atoms with Gasteiger partial charge in [0.05, 0.1) is 11.7 Å². The zero-order valence-corrected chi connectivity index (χ0v) is 17.4. The number of hydrogen-bond acceptors (Lipinski definition) is 3. The fraction of sp³-hybridized carbons (Fsp3) is 0.280. The Balaban J connectivity index is 1.25. The van der Waals surface area contributed by atoms with Crippen LogP contribution < -0.4 is 15.0 Å². The second kappa shape index (κ2) is 8.57. The lowest BCUT2D eigenvalue weighted by molar-refractivity contribution is -0.121. The van der Waals surface area contributed by atoms with E-state index in [1.165, 1.54) is 5.56 Å². The van der Waals surface area contributed by atoms with E-state index >= 15 is 0 Å². The number of carbonyl (C=O) groups is 2. The SMILES string of the molecule is Cc1ccc(OC[C@H](C)NC(=O)CCCN2C(=O)c3cccc4cccc2c34)cc1. The minimum Gasteiger partial charge on any atom is -0.491 e. The summed E-state index contributed by atoms with van der Waals surface area (Å²) in [4.78, 5) is 26.9. The van der Waals surface area contributed by atoms with Crippen molar-refractivity contribution in [1.82, 2.24) is 5.32 Å². The van der Waals surface area contributed by atoms with Crippen LogP contribution in [0.4, 0.5) is 5.69 Å². The Morgan fingerprint density at radius 1 is 1.07 bits per heavy atom. The maximum atomic E-state index is 12.8. The maximum absolute atomic E-state index is 12.8. The molecule has 0 unspecified atom stereocenters. The van der Waals surface area contributed by atoms with E-state index in [1.54, 1.807) is 4.90 Å². The molecule has 0 spiro atoms. The Kier molecular flexibility index (Phi) is 5.70. The summed E-state index contributed by atoms with van der Waals surface area (Å²) in [7, 11) is 0. The highest BCUT2D eigenvalue weighted by molar-refractivity contribution is 6.25. The van der Waals surface area contributed by atoms with Gasteiger partial charge in [-0.05, 0) is 49.9 Å². The van der Waals surface area contributed by atoms with E-state index in [1.807, 2.05) is 74.5 Å². The Labute approximate surface area is 176 Å². The quantitative estimate of drug-likeness (QED) is 0.605. The zero-order valence-electron chi connectivity index (χ0n) is 17.4. The highest BCUT2D eigenvalue weighted by Gasteiger charge is 2.29. The zero-order chi connectivity index (χ0) is 21.1. The van der Waals surface area contributed by atoms with Crippen LogP contribution >= 0.6 is 0 Å². The van der Waals surface area contributed by atoms with Gasteiger partial charge in [-0.3, -0.25) is 9.59 Å². The van der Waals surface area contributed by atoms with Gasteiger partial charge in [-0.15, -0.1) is 0 Å². The van der Waals surface area contributed by atoms with E-state index in [0.29, 0.717) is 26.0 Å². The van der Waals surface area contributed by atoms with Gasteiger partial charge in [0.25, 0.3) is 5.91 Å². The van der Waals surface area contributed by atoms with Gasteiger partial charge in [0, 0.05) is 23.9 Å². The smallest absolute Gasteiger partial charge is 0.258 e. The number of nitrogens with one attached hydrogen (secondary N) is 1. The fourth-order valence-corrected chi connectivity index (χ4v) is 3.84. The predicted octanol–water partition coefficient (Wildman–Crippen LogP) is 4.47. The summed E-state index contributed by atoms with van der Waals surface area (Å²) < 4.78 is 5.72. The fourth-order valence-electron chi connectivity index (χ4n) is 3.84. The number of carbonyl (C=O) groups excluding carboxylic acids is 2. The van der Waals surface area contributed by atoms with Crippen LogP contribution in [0.3, 0.4) is 0 Å². The summed E-state index contributed by atoms with van der Waals surface area (Å²) in [5, 5.41) is 5.05. The van der Waals surface area contributed by atoms with Gasteiger partial charge in [-0.1, -0.05) is 42.0 Å². The minimum absolute atomic E-state index is 0.0158. The first-order chi connectivity index (χ1) is 14.5. The van der Waals surface area contributed by atoms with E-state index in [4.69, 9.17) is 4.74 Å². The van der Waals surface area contributed by atoms with Crippen molar-refractivity contribution in [3.63, 3.8) is 0 Å². The van der Waals surface area contributed by atoms with Crippen LogP contribution in [0.2, 0.25) is 0 Å². The molecule has 5 nitrogen and oxygen atoms in total. The van der Waals surface area contributed by atoms with Crippen LogP contribution in [0.1, 0.15) is 35.7 Å². The largest absolute Gasteiger partial charge is 0.491 e. The molecule has 1 atom stereocenters. The average molecular weight is 402 g/mol. The van der Waals surface area contributed by atoms with Crippen molar-refractivity contribution in [3.8, 4) is 5.75 Å². The van der Waals surface area contributed by atoms with E-state index in [-0.39, 0.29) is 17.9 Å². The van der Waals surface area contributed by atoms with Gasteiger partial charge in [0.2, 0.25) is 5.91 Å². The normalized spacial score (nSPS) is 13.5. The Morgan fingerprint density at radius 2 is 1.80 bits per heavy atom. The summed E-state index contributed by atoms with van der Waals surface area (Å²) in [6, 6.07) is 19.5. The molecule has 0 aromatic heterocycles. The average Bonchev–Trinajstić information content (AvgIpc) is 3.01. The predicted molar refractivity (Wildman–Crippen MR) is 119 cm³/mol. The van der Waals surface area contributed by atoms with Gasteiger partial charge < -0.3 is 15.0 Å². The van der Waals surface area contributed by atoms with E-state index < -0.39 is 0 Å². The third-order valence-corrected chi connectivity index (χ3v) is 5.36. The van der Waals surface area contributed by atoms with E-state index in [0.717, 1.165) is 27.8 Å². The molecule has 4 rings (SSSR count). The highest BCUT2D eigenvalue weighted by atomic mass is 16.5. The Bertz CT molecular complexity index is 1070. The highest BCUT2D eigenvalue weighted by Crippen LogP contribution is 2.37. The van der Waals surface area contributed by atoms with Crippen LogP contribution in [0.25, 0.3) is 10.8 Å². The Morgan fingerprint density at radius 3 is 2.57 bits per heavy atom. The second-order valence-corrected chi connectivity index (χ2v) is 7.83. The number of rotatable bonds is 8. The van der Waals surface area contributed by atoms with Crippen LogP contribution in [-0.4, -0.2) is 31.0 Å². The van der Waals surface area contributed by atoms with Gasteiger partial charge in [-0.25, -0.2) is 0 Å². The van der Waals surface area contributed by atoms with Crippen LogP contribution in [0, 0.1) is 6.92 Å². The first-order valence-electron chi connectivity index (χ1n) is 10.4. The van der Waals surface area contributed by atoms with Crippen molar-refractivity contribution in [2.24, 2.45) is 0 Å². The number of hydrogen-bond donors (Lipinski definition) is 1. The molecule has 1 heterocycles. The number of ether oxygens (including phenoxy) is 1. The topological polar surface area (TPSA) is 58.6 Å². The maximum Gasteiger partial charge on any atom is 0.258 e. The lowest BCUT2D eigenvalue weighted by Crippen LogP contribution is -2.37. The van der Waals surface area contributed by atoms with E-state index in [9.17, 15) is 9.59 Å². The van der Waals surface area contributed by atoms with Crippen molar-refractivity contribution < 1.29 is 14.3 Å². The van der Waals surface area contributed by atoms with Crippen molar-refractivity contribution in [2.45, 2.75) is 32.7 Å². The molecule has 3 aromatic rings. The Hall–Kier alpha value is -3.34. The van der Waals surface area contributed by atoms with Gasteiger partial charge in [0.15, 0.2) is 0 Å². The summed E-state index contributed by atoms with van der Waals surface area (Å²) in [6.45, 7) is 4.89. The number of anilines is 1. The molecule has 1 aliphatic rings. The molecule has 2 amide bonds. The molecular formula is C25H26N2O3. The number of nitrogens with zero attached hydrogens (tertiary/aromatic N) is 1. The monoisotopic (exact) mass is 402 g/mol. The molecule has 0 bridgehead atoms. The number of amides is 2. The van der Waals surface area contributed by atoms with Gasteiger partial charge in [-0.2, -0.15) is 0 Å². The summed E-state index contributed by atoms with van der Waals surface area (Å²) >= 11 is 0. The molecule has 5 heteroatoms. The molecule has 3 aromatic carbocycles. The van der Waals surface area contributed by atoms with Gasteiger partial charge >= 0.3 is 0 Å². The third-order valence-electron chi connectivity index (χ3n) is 5.36. The van der Waals surface area contributed by atoms with Crippen LogP contribution in [-0.2, 0) is 4.79 Å². The molecule has 154 valence electrons. The molecule has 0 radical (unpaired) electrons. The van der Waals surface area contributed by atoms with Crippen LogP contribution in [0.5, 0.6) is 5.75 Å². The molecule has 0 fully saturated rings. The number of aryl methyl sites for hydroxylation is 1. The summed E-state index contributed by atoms with van der Waals surface area (Å²) in [5.41, 5.74) is 2.86. The second-order valence-electron chi connectivity index (χ2n) is 7.83. The minimum atomic E-state index is -0.0924. The first kappa shape index (κ1) is 20.0. The summed E-state index contributed by atoms with van der Waals surface area (Å²) in [5.74, 6) is 0.780. The molecule has 0 saturated carbocycles. The lowest BCUT2D eigenvalue weighted by atomic mass is 10.1. The molecule has 1 aliphatic heterocycles. The molecule has 0 saturated heterocycles. The van der Waals surface area contributed by atoms with Crippen molar-refractivity contribution >= 4 is 28.3 Å². The van der Waals surface area contributed by atoms with Crippen molar-refractivity contribution in [1.29, 1.82) is 0 Å². The summed E-state index contributed by atoms with van der Waals surface area (Å²) in [6.07, 6.45) is 0.971. The van der Waals surface area contributed by atoms with Crippen molar-refractivity contribution in [2.75, 3.05) is 18.1 Å². The first-order valence-corrected chi connectivity index (χ1v) is 10.4. The van der Waals surface area contributed by atoms with Crippen LogP contribution in [0.15, 0.2) is 60.7 Å². The third kappa shape index (κ3) is 4.15. The standard InChI is InChI=1S/C25H26N2O3/c1-17-11-13-20(14-12-17)30-16-18(2)26-23(28)10-5-15-27-22-9-4-7-19-6-3-8-21(24(19)22)25(27)29/h3-4,6-9,11-14,18H,5,10,15-16H2,1-2H3,(H,26,28)/t18-/m0/s1. The van der Waals surface area contributed by atoms with Crippen molar-refractivity contribution in [3.05, 3.63) is 71.8 Å². The molecule has 0 aliphatic carbocycles. The molecule has 30 heavy (non-hydrogen) atoms. The molecule has 1 N–H and O–H groups in total. The number of benzene rings is 3. The molecular weight excluding hydrogens is 376 g/mol. The van der Waals surface area contributed by atoms with E-state index in [2.05, 4.69) is 5.32 Å². The van der Waals surface area contributed by atoms with Gasteiger partial charge in [0.1, 0.15) is 12.4 Å². The lowest BCUT2D eigenvalue weighted by Gasteiger charge is -2.18.